The summed E-state index contributed by atoms with van der Waals surface area (Å²) in [6.07, 6.45) is 1.45. The lowest BCUT2D eigenvalue weighted by Gasteiger charge is -2.35. The van der Waals surface area contributed by atoms with Crippen LogP contribution in [0.15, 0.2) is 10.5 Å². The van der Waals surface area contributed by atoms with Crippen LogP contribution in [0.1, 0.15) is 50.3 Å². The Labute approximate surface area is 138 Å². The molecule has 1 aromatic heterocycles. The zero-order valence-corrected chi connectivity index (χ0v) is 15.5. The van der Waals surface area contributed by atoms with Crippen molar-refractivity contribution in [2.24, 2.45) is 5.41 Å². The SMILES string of the molecule is Cc1cc2c(o1)CC(C)(C)C[C@H]2NS(=O)(=O)[C@@H](C)C(=O)N(C)C. The molecular weight excluding hydrogens is 316 g/mol. The highest BCUT2D eigenvalue weighted by Crippen LogP contribution is 2.42. The molecule has 0 radical (unpaired) electrons. The Morgan fingerprint density at radius 1 is 1.43 bits per heavy atom. The van der Waals surface area contributed by atoms with Crippen LogP contribution in [0.25, 0.3) is 0 Å². The van der Waals surface area contributed by atoms with E-state index in [0.717, 1.165) is 23.5 Å². The lowest BCUT2D eigenvalue weighted by molar-refractivity contribution is -0.127. The number of carbonyl (C=O) groups excluding carboxylic acids is 1. The van der Waals surface area contributed by atoms with Gasteiger partial charge in [-0.3, -0.25) is 4.79 Å². The second kappa shape index (κ2) is 5.94. The minimum absolute atomic E-state index is 0.0702. The molecule has 0 bridgehead atoms. The highest BCUT2D eigenvalue weighted by atomic mass is 32.2. The Hall–Kier alpha value is -1.34. The zero-order chi connectivity index (χ0) is 17.6. The van der Waals surface area contributed by atoms with E-state index in [0.29, 0.717) is 6.42 Å². The Kier molecular flexibility index (Phi) is 4.65. The fraction of sp³-hybridized carbons (Fsp3) is 0.688. The summed E-state index contributed by atoms with van der Waals surface area (Å²) in [5, 5.41) is -1.13. The molecule has 130 valence electrons. The minimum Gasteiger partial charge on any atom is -0.466 e. The molecule has 0 aliphatic heterocycles. The molecule has 0 unspecified atom stereocenters. The van der Waals surface area contributed by atoms with E-state index in [-0.39, 0.29) is 11.5 Å². The van der Waals surface area contributed by atoms with Crippen molar-refractivity contribution in [2.75, 3.05) is 14.1 Å². The number of carbonyl (C=O) groups is 1. The van der Waals surface area contributed by atoms with Crippen molar-refractivity contribution in [1.82, 2.24) is 9.62 Å². The second-order valence-electron chi connectivity index (χ2n) is 7.37. The highest BCUT2D eigenvalue weighted by molar-refractivity contribution is 7.90. The summed E-state index contributed by atoms with van der Waals surface area (Å²) in [6.45, 7) is 7.45. The van der Waals surface area contributed by atoms with Gasteiger partial charge < -0.3 is 9.32 Å². The molecule has 6 nitrogen and oxygen atoms in total. The average Bonchev–Trinajstić information content (AvgIpc) is 2.75. The van der Waals surface area contributed by atoms with E-state index >= 15 is 0 Å². The van der Waals surface area contributed by atoms with Gasteiger partial charge in [0.25, 0.3) is 0 Å². The molecular formula is C16H26N2O4S. The van der Waals surface area contributed by atoms with Crippen molar-refractivity contribution in [3.63, 3.8) is 0 Å². The zero-order valence-electron chi connectivity index (χ0n) is 14.6. The van der Waals surface area contributed by atoms with Crippen molar-refractivity contribution in [2.45, 2.75) is 51.8 Å². The standard InChI is InChI=1S/C16H26N2O4S/c1-10-7-12-13(8-16(3,4)9-14(12)22-10)17-23(20,21)11(2)15(19)18(5)6/h7,11,13,17H,8-9H2,1-6H3/t11-,13+/m0/s1. The molecule has 0 fully saturated rings. The maximum atomic E-state index is 12.6. The lowest BCUT2D eigenvalue weighted by Crippen LogP contribution is -2.45. The maximum Gasteiger partial charge on any atom is 0.241 e. The number of sulfonamides is 1. The Balaban J connectivity index is 2.30. The summed E-state index contributed by atoms with van der Waals surface area (Å²) in [4.78, 5) is 13.3. The van der Waals surface area contributed by atoms with Crippen LogP contribution in [0.5, 0.6) is 0 Å². The van der Waals surface area contributed by atoms with Crippen LogP contribution in [-0.2, 0) is 21.2 Å². The number of aryl methyl sites for hydroxylation is 1. The van der Waals surface area contributed by atoms with Crippen LogP contribution >= 0.6 is 0 Å². The minimum atomic E-state index is -3.77. The first-order chi connectivity index (χ1) is 10.4. The van der Waals surface area contributed by atoms with Gasteiger partial charge in [0, 0.05) is 26.1 Å². The average molecular weight is 342 g/mol. The van der Waals surface area contributed by atoms with Crippen molar-refractivity contribution in [3.05, 3.63) is 23.2 Å². The van der Waals surface area contributed by atoms with Gasteiger partial charge in [0.05, 0.1) is 6.04 Å². The van der Waals surface area contributed by atoms with E-state index in [1.165, 1.54) is 11.8 Å². The molecule has 1 N–H and O–H groups in total. The van der Waals surface area contributed by atoms with Gasteiger partial charge in [-0.1, -0.05) is 13.8 Å². The number of nitrogens with zero attached hydrogens (tertiary/aromatic N) is 1. The molecule has 7 heteroatoms. The van der Waals surface area contributed by atoms with Gasteiger partial charge in [0.2, 0.25) is 15.9 Å². The maximum absolute atomic E-state index is 12.6. The van der Waals surface area contributed by atoms with E-state index in [1.54, 1.807) is 14.1 Å². The van der Waals surface area contributed by atoms with E-state index in [1.807, 2.05) is 13.0 Å². The van der Waals surface area contributed by atoms with Crippen molar-refractivity contribution >= 4 is 15.9 Å². The van der Waals surface area contributed by atoms with Gasteiger partial charge in [0.1, 0.15) is 11.5 Å². The van der Waals surface area contributed by atoms with E-state index in [9.17, 15) is 13.2 Å². The first kappa shape index (κ1) is 18.0. The summed E-state index contributed by atoms with van der Waals surface area (Å²) in [7, 11) is -0.668. The Bertz CT molecular complexity index is 704. The summed E-state index contributed by atoms with van der Waals surface area (Å²) in [5.41, 5.74) is 0.814. The van der Waals surface area contributed by atoms with E-state index in [4.69, 9.17) is 4.42 Å². The topological polar surface area (TPSA) is 79.6 Å². The molecule has 0 saturated heterocycles. The number of amides is 1. The Morgan fingerprint density at radius 3 is 2.61 bits per heavy atom. The van der Waals surface area contributed by atoms with Gasteiger partial charge in [-0.2, -0.15) is 0 Å². The molecule has 1 aliphatic carbocycles. The molecule has 0 spiro atoms. The molecule has 1 amide bonds. The number of furan rings is 1. The van der Waals surface area contributed by atoms with Crippen molar-refractivity contribution in [1.29, 1.82) is 0 Å². The number of rotatable bonds is 4. The summed E-state index contributed by atoms with van der Waals surface area (Å²) >= 11 is 0. The number of nitrogens with one attached hydrogen (secondary N) is 1. The second-order valence-corrected chi connectivity index (χ2v) is 9.40. The third kappa shape index (κ3) is 3.77. The van der Waals surface area contributed by atoms with Crippen LogP contribution in [0.3, 0.4) is 0 Å². The predicted molar refractivity (Wildman–Crippen MR) is 88.5 cm³/mol. The van der Waals surface area contributed by atoms with Gasteiger partial charge in [-0.05, 0) is 31.7 Å². The van der Waals surface area contributed by atoms with Gasteiger partial charge in [-0.25, -0.2) is 13.1 Å². The molecule has 2 atom stereocenters. The van der Waals surface area contributed by atoms with Gasteiger partial charge in [-0.15, -0.1) is 0 Å². The smallest absolute Gasteiger partial charge is 0.241 e. The van der Waals surface area contributed by atoms with Crippen LogP contribution in [-0.4, -0.2) is 38.6 Å². The van der Waals surface area contributed by atoms with E-state index < -0.39 is 21.2 Å². The molecule has 0 saturated carbocycles. The lowest BCUT2D eigenvalue weighted by atomic mass is 9.75. The molecule has 1 aromatic rings. The molecule has 23 heavy (non-hydrogen) atoms. The van der Waals surface area contributed by atoms with Gasteiger partial charge >= 0.3 is 0 Å². The predicted octanol–water partition coefficient (Wildman–Crippen LogP) is 2.00. The molecule has 1 heterocycles. The number of hydrogen-bond donors (Lipinski definition) is 1. The fourth-order valence-corrected chi connectivity index (χ4v) is 4.37. The monoisotopic (exact) mass is 342 g/mol. The number of hydrogen-bond acceptors (Lipinski definition) is 4. The van der Waals surface area contributed by atoms with Crippen molar-refractivity contribution in [3.8, 4) is 0 Å². The third-order valence-corrected chi connectivity index (χ3v) is 6.04. The van der Waals surface area contributed by atoms with E-state index in [2.05, 4.69) is 18.6 Å². The fourth-order valence-electron chi connectivity index (χ4n) is 3.09. The quantitative estimate of drug-likeness (QED) is 0.907. The normalized spacial score (nSPS) is 21.6. The molecule has 1 aliphatic rings. The molecule has 0 aromatic carbocycles. The highest BCUT2D eigenvalue weighted by Gasteiger charge is 2.39. The van der Waals surface area contributed by atoms with Gasteiger partial charge in [0.15, 0.2) is 5.25 Å². The molecule has 2 rings (SSSR count). The summed E-state index contributed by atoms with van der Waals surface area (Å²) in [6, 6.07) is 1.52. The van der Waals surface area contributed by atoms with Crippen molar-refractivity contribution < 1.29 is 17.6 Å². The van der Waals surface area contributed by atoms with Crippen LogP contribution < -0.4 is 4.72 Å². The van der Waals surface area contributed by atoms with Crippen LogP contribution in [0, 0.1) is 12.3 Å². The Morgan fingerprint density at radius 2 is 2.04 bits per heavy atom. The van der Waals surface area contributed by atoms with Crippen LogP contribution in [0.2, 0.25) is 0 Å². The summed E-state index contributed by atoms with van der Waals surface area (Å²) in [5.74, 6) is 1.17. The largest absolute Gasteiger partial charge is 0.466 e. The van der Waals surface area contributed by atoms with Crippen LogP contribution in [0.4, 0.5) is 0 Å². The summed E-state index contributed by atoms with van der Waals surface area (Å²) < 4.78 is 33.6. The third-order valence-electron chi connectivity index (χ3n) is 4.30. The first-order valence-corrected chi connectivity index (χ1v) is 9.29. The number of fused-ring (bicyclic) bond motifs is 1. The first-order valence-electron chi connectivity index (χ1n) is 7.74.